The van der Waals surface area contributed by atoms with Crippen molar-refractivity contribution >= 4 is 51.5 Å². The molecule has 0 aliphatic carbocycles. The van der Waals surface area contributed by atoms with E-state index in [0.717, 1.165) is 5.56 Å². The van der Waals surface area contributed by atoms with Crippen LogP contribution < -0.4 is 4.74 Å². The van der Waals surface area contributed by atoms with Gasteiger partial charge in [0, 0.05) is 21.0 Å². The second kappa shape index (κ2) is 9.06. The van der Waals surface area contributed by atoms with E-state index in [0.29, 0.717) is 38.8 Å². The van der Waals surface area contributed by atoms with Gasteiger partial charge in [0.05, 0.1) is 37.1 Å². The summed E-state index contributed by atoms with van der Waals surface area (Å²) in [6, 6.07) is 12.2. The molecule has 5 aromatic rings. The van der Waals surface area contributed by atoms with Crippen molar-refractivity contribution < 1.29 is 14.1 Å². The molecule has 5 rings (SSSR count). The normalized spacial score (nSPS) is 11.2. The zero-order chi connectivity index (χ0) is 23.8. The molecule has 2 aromatic carbocycles. The number of fused-ring (bicyclic) bond motifs is 1. The molecule has 0 unspecified atom stereocenters. The number of carbonyl (C=O) groups is 1. The van der Waals surface area contributed by atoms with Gasteiger partial charge in [-0.25, -0.2) is 0 Å². The lowest BCUT2D eigenvalue weighted by Gasteiger charge is -2.10. The van der Waals surface area contributed by atoms with E-state index in [4.69, 9.17) is 44.1 Å². The van der Waals surface area contributed by atoms with Gasteiger partial charge >= 0.3 is 0 Å². The third-order valence-electron chi connectivity index (χ3n) is 5.24. The van der Waals surface area contributed by atoms with Crippen LogP contribution in [0.3, 0.4) is 0 Å². The van der Waals surface area contributed by atoms with Gasteiger partial charge in [-0.2, -0.15) is 15.2 Å². The lowest BCUT2D eigenvalue weighted by Crippen LogP contribution is -2.04. The predicted molar refractivity (Wildman–Crippen MR) is 128 cm³/mol. The third-order valence-corrected chi connectivity index (χ3v) is 6.22. The number of rotatable bonds is 6. The van der Waals surface area contributed by atoms with Gasteiger partial charge in [0.1, 0.15) is 10.9 Å². The number of nitrogens with zero attached hydrogens (tertiary/aromatic N) is 5. The minimum atomic E-state index is -0.523. The van der Waals surface area contributed by atoms with Gasteiger partial charge < -0.3 is 13.8 Å². The molecular formula is C23H14Cl3N5O3. The van der Waals surface area contributed by atoms with Gasteiger partial charge in [-0.05, 0) is 42.0 Å². The Morgan fingerprint density at radius 2 is 1.94 bits per heavy atom. The van der Waals surface area contributed by atoms with Crippen LogP contribution in [0.1, 0.15) is 21.8 Å². The highest BCUT2D eigenvalue weighted by Gasteiger charge is 2.27. The maximum Gasteiger partial charge on any atom is 0.299 e. The summed E-state index contributed by atoms with van der Waals surface area (Å²) in [5, 5.41) is 13.2. The number of ketones is 1. The van der Waals surface area contributed by atoms with Gasteiger partial charge in [-0.3, -0.25) is 4.79 Å². The fraction of sp³-hybridized carbons (Fsp3) is 0.0870. The smallest absolute Gasteiger partial charge is 0.299 e. The number of hydrogen-bond acceptors (Lipinski definition) is 7. The van der Waals surface area contributed by atoms with Crippen LogP contribution in [0.15, 0.2) is 59.4 Å². The van der Waals surface area contributed by atoms with Crippen LogP contribution in [0.25, 0.3) is 22.3 Å². The number of hydrogen-bond donors (Lipinski definition) is 0. The summed E-state index contributed by atoms with van der Waals surface area (Å²) in [7, 11) is 1.54. The largest absolute Gasteiger partial charge is 0.497 e. The summed E-state index contributed by atoms with van der Waals surface area (Å²) in [5.41, 5.74) is 2.26. The van der Waals surface area contributed by atoms with Gasteiger partial charge in [0.15, 0.2) is 0 Å². The van der Waals surface area contributed by atoms with Crippen LogP contribution >= 0.6 is 34.8 Å². The van der Waals surface area contributed by atoms with E-state index >= 15 is 0 Å². The molecule has 8 nitrogen and oxygen atoms in total. The number of aromatic nitrogens is 5. The number of methoxy groups -OCH3 is 1. The van der Waals surface area contributed by atoms with Crippen molar-refractivity contribution in [1.82, 2.24) is 24.9 Å². The first-order chi connectivity index (χ1) is 16.5. The van der Waals surface area contributed by atoms with Crippen molar-refractivity contribution in [1.29, 1.82) is 0 Å². The van der Waals surface area contributed by atoms with Crippen LogP contribution in [-0.4, -0.2) is 37.8 Å². The van der Waals surface area contributed by atoms with Crippen LogP contribution in [0.5, 0.6) is 5.75 Å². The summed E-state index contributed by atoms with van der Waals surface area (Å²) < 4.78 is 12.4. The second-order valence-electron chi connectivity index (χ2n) is 7.25. The summed E-state index contributed by atoms with van der Waals surface area (Å²) >= 11 is 19.2. The van der Waals surface area contributed by atoms with E-state index in [2.05, 4.69) is 20.3 Å². The van der Waals surface area contributed by atoms with E-state index in [9.17, 15) is 4.79 Å². The van der Waals surface area contributed by atoms with Crippen molar-refractivity contribution in [2.75, 3.05) is 7.11 Å². The van der Waals surface area contributed by atoms with Gasteiger partial charge in [0.2, 0.25) is 5.82 Å². The molecule has 3 aromatic heterocycles. The molecule has 0 N–H and O–H groups in total. The minimum Gasteiger partial charge on any atom is -0.497 e. The summed E-state index contributed by atoms with van der Waals surface area (Å²) in [6.07, 6.45) is 2.96. The molecule has 3 heterocycles. The highest BCUT2D eigenvalue weighted by molar-refractivity contribution is 6.37. The molecule has 0 atom stereocenters. The molecule has 0 bridgehead atoms. The minimum absolute atomic E-state index is 0.199. The van der Waals surface area contributed by atoms with Crippen molar-refractivity contribution in [2.45, 2.75) is 6.54 Å². The van der Waals surface area contributed by atoms with Crippen molar-refractivity contribution in [3.63, 3.8) is 0 Å². The molecule has 0 aliphatic rings. The molecule has 0 saturated heterocycles. The Hall–Kier alpha value is -3.46. The standard InChI is InChI=1S/C23H14Cl3N5O3/c1-33-15-4-5-18-16(9-15)19(21(26)31(18)11-13-2-3-14(24)8-17(13)25)20(32)23-29-22(30-34-23)12-6-7-27-28-10-12/h2-10H,11H2,1H3. The molecule has 0 aliphatic heterocycles. The fourth-order valence-corrected chi connectivity index (χ4v) is 4.39. The Morgan fingerprint density at radius 3 is 2.68 bits per heavy atom. The average Bonchev–Trinajstić information content (AvgIpc) is 3.44. The Balaban J connectivity index is 1.62. The Labute approximate surface area is 208 Å². The topological polar surface area (TPSA) is 95.9 Å². The van der Waals surface area contributed by atoms with E-state index in [-0.39, 0.29) is 22.4 Å². The lowest BCUT2D eigenvalue weighted by molar-refractivity contribution is 0.0995. The predicted octanol–water partition coefficient (Wildman–Crippen LogP) is 5.73. The Bertz CT molecular complexity index is 1530. The highest BCUT2D eigenvalue weighted by Crippen LogP contribution is 2.36. The second-order valence-corrected chi connectivity index (χ2v) is 8.46. The van der Waals surface area contributed by atoms with Crippen LogP contribution in [0.4, 0.5) is 0 Å². The van der Waals surface area contributed by atoms with Gasteiger partial charge in [0.25, 0.3) is 11.7 Å². The molecule has 0 spiro atoms. The number of benzene rings is 2. The molecule has 0 fully saturated rings. The number of ether oxygens (including phenoxy) is 1. The van der Waals surface area contributed by atoms with Gasteiger partial charge in [-0.15, -0.1) is 0 Å². The van der Waals surface area contributed by atoms with Crippen molar-refractivity contribution in [2.24, 2.45) is 0 Å². The van der Waals surface area contributed by atoms with Crippen LogP contribution in [0, 0.1) is 0 Å². The molecule has 0 radical (unpaired) electrons. The fourth-order valence-electron chi connectivity index (χ4n) is 3.58. The van der Waals surface area contributed by atoms with Crippen molar-refractivity contribution in [3.05, 3.63) is 87.1 Å². The zero-order valence-corrected chi connectivity index (χ0v) is 19.8. The van der Waals surface area contributed by atoms with E-state index in [1.54, 1.807) is 42.0 Å². The average molecular weight is 515 g/mol. The Kier molecular flexibility index (Phi) is 5.95. The molecule has 11 heteroatoms. The third kappa shape index (κ3) is 4.00. The quantitative estimate of drug-likeness (QED) is 0.267. The number of carbonyl (C=O) groups excluding carboxylic acids is 1. The molecule has 34 heavy (non-hydrogen) atoms. The molecule has 0 amide bonds. The maximum atomic E-state index is 13.5. The first kappa shape index (κ1) is 22.3. The zero-order valence-electron chi connectivity index (χ0n) is 17.5. The summed E-state index contributed by atoms with van der Waals surface area (Å²) in [6.45, 7) is 0.308. The van der Waals surface area contributed by atoms with Crippen molar-refractivity contribution in [3.8, 4) is 17.1 Å². The molecule has 170 valence electrons. The number of halogens is 3. The molecular weight excluding hydrogens is 501 g/mol. The highest BCUT2D eigenvalue weighted by atomic mass is 35.5. The first-order valence-corrected chi connectivity index (χ1v) is 11.0. The first-order valence-electron chi connectivity index (χ1n) is 9.91. The molecule has 0 saturated carbocycles. The maximum absolute atomic E-state index is 13.5. The van der Waals surface area contributed by atoms with Crippen LogP contribution in [-0.2, 0) is 6.54 Å². The van der Waals surface area contributed by atoms with Crippen LogP contribution in [0.2, 0.25) is 15.2 Å². The van der Waals surface area contributed by atoms with E-state index < -0.39 is 5.78 Å². The summed E-state index contributed by atoms with van der Waals surface area (Å²) in [5.74, 6) is 0.0442. The lowest BCUT2D eigenvalue weighted by atomic mass is 10.1. The monoisotopic (exact) mass is 513 g/mol. The summed E-state index contributed by atoms with van der Waals surface area (Å²) in [4.78, 5) is 17.7. The Morgan fingerprint density at radius 1 is 1.09 bits per heavy atom. The van der Waals surface area contributed by atoms with E-state index in [1.807, 2.05) is 12.1 Å². The van der Waals surface area contributed by atoms with E-state index in [1.165, 1.54) is 12.4 Å². The SMILES string of the molecule is COc1ccc2c(c1)c(C(=O)c1nc(-c3ccnnc3)no1)c(Cl)n2Cc1ccc(Cl)cc1Cl. The van der Waals surface area contributed by atoms with Gasteiger partial charge in [-0.1, -0.05) is 46.0 Å².